The number of pyridine rings is 1. The first kappa shape index (κ1) is 16.7. The first-order valence-electron chi connectivity index (χ1n) is 9.33. The van der Waals surface area contributed by atoms with Crippen LogP contribution in [0.4, 0.5) is 0 Å². The van der Waals surface area contributed by atoms with E-state index < -0.39 is 0 Å². The summed E-state index contributed by atoms with van der Waals surface area (Å²) in [5, 5.41) is 9.95. The van der Waals surface area contributed by atoms with Gasteiger partial charge in [0.15, 0.2) is 0 Å². The van der Waals surface area contributed by atoms with Crippen molar-refractivity contribution in [1.29, 1.82) is 0 Å². The van der Waals surface area contributed by atoms with E-state index in [-0.39, 0.29) is 12.6 Å². The predicted molar refractivity (Wildman–Crippen MR) is 101 cm³/mol. The van der Waals surface area contributed by atoms with Crippen molar-refractivity contribution in [3.8, 4) is 11.1 Å². The maximum Gasteiger partial charge on any atom is 0.0593 e. The second-order valence-corrected chi connectivity index (χ2v) is 7.41. The third-order valence-corrected chi connectivity index (χ3v) is 5.86. The number of hydrogen-bond acceptors (Lipinski definition) is 4. The van der Waals surface area contributed by atoms with Crippen LogP contribution < -0.4 is 0 Å². The normalized spacial score (nSPS) is 27.8. The minimum Gasteiger partial charge on any atom is -0.395 e. The number of likely N-dealkylation sites (N-methyl/N-ethyl adjacent to an activating group) is 1. The topological polar surface area (TPSA) is 39.6 Å². The zero-order valence-electron chi connectivity index (χ0n) is 14.9. The molecule has 0 aliphatic carbocycles. The Morgan fingerprint density at radius 1 is 1.08 bits per heavy atom. The molecule has 1 N–H and O–H groups in total. The Morgan fingerprint density at radius 3 is 2.60 bits per heavy atom. The van der Waals surface area contributed by atoms with Crippen LogP contribution in [0.3, 0.4) is 0 Å². The minimum absolute atomic E-state index is 0.245. The van der Waals surface area contributed by atoms with Gasteiger partial charge in [0.1, 0.15) is 0 Å². The molecule has 0 radical (unpaired) electrons. The lowest BCUT2D eigenvalue weighted by atomic mass is 9.74. The van der Waals surface area contributed by atoms with Gasteiger partial charge in [0.2, 0.25) is 0 Å². The molecule has 3 atom stereocenters. The summed E-state index contributed by atoms with van der Waals surface area (Å²) >= 11 is 0. The fourth-order valence-corrected chi connectivity index (χ4v) is 4.54. The number of aliphatic hydroxyl groups excluding tert-OH is 1. The minimum atomic E-state index is 0.245. The van der Waals surface area contributed by atoms with Gasteiger partial charge in [-0.1, -0.05) is 30.3 Å². The maximum absolute atomic E-state index is 9.95. The molecule has 132 valence electrons. The van der Waals surface area contributed by atoms with Gasteiger partial charge >= 0.3 is 0 Å². The van der Waals surface area contributed by atoms with Crippen LogP contribution in [0.1, 0.15) is 24.3 Å². The summed E-state index contributed by atoms with van der Waals surface area (Å²) in [6.45, 7) is 3.63. The number of hydrogen-bond donors (Lipinski definition) is 1. The number of rotatable bonds is 3. The van der Waals surface area contributed by atoms with Crippen molar-refractivity contribution in [3.63, 3.8) is 0 Å². The first-order chi connectivity index (χ1) is 12.3. The van der Waals surface area contributed by atoms with Crippen LogP contribution in [0.5, 0.6) is 0 Å². The monoisotopic (exact) mass is 337 g/mol. The van der Waals surface area contributed by atoms with Gasteiger partial charge in [0, 0.05) is 36.9 Å². The molecular formula is C21H27N3O. The number of aliphatic hydroxyl groups is 1. The van der Waals surface area contributed by atoms with Crippen molar-refractivity contribution in [2.24, 2.45) is 0 Å². The van der Waals surface area contributed by atoms with E-state index in [1.54, 1.807) is 6.20 Å². The van der Waals surface area contributed by atoms with Gasteiger partial charge in [0.25, 0.3) is 0 Å². The molecule has 2 aliphatic rings. The Morgan fingerprint density at radius 2 is 1.88 bits per heavy atom. The molecule has 2 saturated heterocycles. The molecule has 0 bridgehead atoms. The fraction of sp³-hybridized carbons (Fsp3) is 0.476. The van der Waals surface area contributed by atoms with Crippen LogP contribution in [0.2, 0.25) is 0 Å². The van der Waals surface area contributed by atoms with E-state index >= 15 is 0 Å². The zero-order valence-corrected chi connectivity index (χ0v) is 14.9. The summed E-state index contributed by atoms with van der Waals surface area (Å²) in [5.41, 5.74) is 3.69. The lowest BCUT2D eigenvalue weighted by molar-refractivity contribution is -0.0614. The highest BCUT2D eigenvalue weighted by Gasteiger charge is 2.48. The molecule has 4 rings (SSSR count). The molecule has 2 aliphatic heterocycles. The van der Waals surface area contributed by atoms with Gasteiger partial charge in [-0.05, 0) is 55.7 Å². The molecule has 25 heavy (non-hydrogen) atoms. The summed E-state index contributed by atoms with van der Waals surface area (Å²) in [6.07, 6.45) is 6.19. The van der Waals surface area contributed by atoms with E-state index in [4.69, 9.17) is 0 Å². The smallest absolute Gasteiger partial charge is 0.0593 e. The zero-order chi connectivity index (χ0) is 17.2. The van der Waals surface area contributed by atoms with Crippen molar-refractivity contribution < 1.29 is 5.11 Å². The molecule has 4 heteroatoms. The van der Waals surface area contributed by atoms with Gasteiger partial charge in [-0.25, -0.2) is 0 Å². The maximum atomic E-state index is 9.95. The number of benzene rings is 1. The first-order valence-corrected chi connectivity index (χ1v) is 9.33. The second-order valence-electron chi connectivity index (χ2n) is 7.41. The van der Waals surface area contributed by atoms with Gasteiger partial charge in [-0.2, -0.15) is 0 Å². The number of nitrogens with zero attached hydrogens (tertiary/aromatic N) is 3. The largest absolute Gasteiger partial charge is 0.395 e. The Kier molecular flexibility index (Phi) is 4.84. The molecular weight excluding hydrogens is 310 g/mol. The van der Waals surface area contributed by atoms with Crippen LogP contribution in [-0.2, 0) is 0 Å². The molecule has 3 heterocycles. The lowest BCUT2D eigenvalue weighted by Crippen LogP contribution is -2.67. The fourth-order valence-electron chi connectivity index (χ4n) is 4.54. The van der Waals surface area contributed by atoms with Gasteiger partial charge in [-0.15, -0.1) is 0 Å². The quantitative estimate of drug-likeness (QED) is 0.934. The van der Waals surface area contributed by atoms with E-state index in [9.17, 15) is 5.11 Å². The van der Waals surface area contributed by atoms with Crippen molar-refractivity contribution in [2.45, 2.75) is 30.8 Å². The van der Waals surface area contributed by atoms with Crippen LogP contribution >= 0.6 is 0 Å². The van der Waals surface area contributed by atoms with Gasteiger partial charge in [-0.3, -0.25) is 9.88 Å². The highest BCUT2D eigenvalue weighted by Crippen LogP contribution is 2.42. The van der Waals surface area contributed by atoms with E-state index in [1.165, 1.54) is 30.5 Å². The van der Waals surface area contributed by atoms with Gasteiger partial charge in [0.05, 0.1) is 6.61 Å². The Hall–Kier alpha value is -1.75. The summed E-state index contributed by atoms with van der Waals surface area (Å²) in [7, 11) is 2.22. The van der Waals surface area contributed by atoms with E-state index in [0.717, 1.165) is 18.7 Å². The molecule has 2 aromatic rings. The molecule has 4 nitrogen and oxygen atoms in total. The second kappa shape index (κ2) is 7.24. The standard InChI is InChI=1S/C21H27N3O/c1-23-11-2-3-12-24-19(14-23)21(20(24)15-25)17-8-6-16(7-9-17)18-5-4-10-22-13-18/h4-10,13,19-21,25H,2-3,11-12,14-15H2,1H3/t19-,20+,21-/m1/s1. The Labute approximate surface area is 150 Å². The highest BCUT2D eigenvalue weighted by atomic mass is 16.3. The lowest BCUT2D eigenvalue weighted by Gasteiger charge is -2.57. The van der Waals surface area contributed by atoms with Crippen molar-refractivity contribution in [1.82, 2.24) is 14.8 Å². The van der Waals surface area contributed by atoms with Crippen molar-refractivity contribution in [3.05, 3.63) is 54.4 Å². The van der Waals surface area contributed by atoms with Crippen LogP contribution in [0.15, 0.2) is 48.8 Å². The molecule has 0 unspecified atom stereocenters. The SMILES string of the molecule is CN1CCCCN2[C@H](C1)[C@@H](c1ccc(-c3cccnc3)cc1)[C@@H]2CO. The molecule has 1 aromatic carbocycles. The summed E-state index contributed by atoms with van der Waals surface area (Å²) < 4.78 is 0. The summed E-state index contributed by atoms with van der Waals surface area (Å²) in [4.78, 5) is 9.18. The number of fused-ring (bicyclic) bond motifs is 1. The van der Waals surface area contributed by atoms with E-state index in [0.29, 0.717) is 12.0 Å². The van der Waals surface area contributed by atoms with E-state index in [2.05, 4.69) is 52.2 Å². The summed E-state index contributed by atoms with van der Waals surface area (Å²) in [6, 6.07) is 13.7. The van der Waals surface area contributed by atoms with Crippen LogP contribution in [0, 0.1) is 0 Å². The van der Waals surface area contributed by atoms with E-state index in [1.807, 2.05) is 12.3 Å². The van der Waals surface area contributed by atoms with Crippen molar-refractivity contribution in [2.75, 3.05) is 33.3 Å². The summed E-state index contributed by atoms with van der Waals surface area (Å²) in [5.74, 6) is 0.425. The highest BCUT2D eigenvalue weighted by molar-refractivity contribution is 5.62. The van der Waals surface area contributed by atoms with Crippen LogP contribution in [0.25, 0.3) is 11.1 Å². The average molecular weight is 337 g/mol. The third kappa shape index (κ3) is 3.22. The Balaban J connectivity index is 1.57. The number of aromatic nitrogens is 1. The molecule has 0 saturated carbocycles. The average Bonchev–Trinajstić information content (AvgIpc) is 2.64. The Bertz CT molecular complexity index is 688. The molecule has 2 fully saturated rings. The molecule has 0 spiro atoms. The molecule has 1 aromatic heterocycles. The van der Waals surface area contributed by atoms with Crippen LogP contribution in [-0.4, -0.2) is 65.3 Å². The predicted octanol–water partition coefficient (Wildman–Crippen LogP) is 2.60. The van der Waals surface area contributed by atoms with Gasteiger partial charge < -0.3 is 10.0 Å². The third-order valence-electron chi connectivity index (χ3n) is 5.86. The molecule has 0 amide bonds. The van der Waals surface area contributed by atoms with Crippen molar-refractivity contribution >= 4 is 0 Å².